The molecule has 4 heteroatoms. The smallest absolute Gasteiger partial charge is 0.251 e. The van der Waals surface area contributed by atoms with Crippen molar-refractivity contribution in [3.05, 3.63) is 33.8 Å². The second kappa shape index (κ2) is 6.12. The third-order valence-corrected chi connectivity index (χ3v) is 2.57. The van der Waals surface area contributed by atoms with E-state index in [1.807, 2.05) is 0 Å². The van der Waals surface area contributed by atoms with Crippen molar-refractivity contribution in [3.8, 4) is 0 Å². The van der Waals surface area contributed by atoms with E-state index in [0.29, 0.717) is 28.1 Å². The molecule has 1 aromatic rings. The summed E-state index contributed by atoms with van der Waals surface area (Å²) in [6, 6.07) is 4.82. The molecule has 0 fully saturated rings. The fourth-order valence-corrected chi connectivity index (χ4v) is 1.79. The lowest BCUT2D eigenvalue weighted by molar-refractivity contribution is 0.0952. The number of halogens is 2. The van der Waals surface area contributed by atoms with Gasteiger partial charge in [-0.3, -0.25) is 4.79 Å². The molecular weight excluding hydrogens is 245 g/mol. The Labute approximate surface area is 106 Å². The summed E-state index contributed by atoms with van der Waals surface area (Å²) in [6.45, 7) is 4.89. The second-order valence-corrected chi connectivity index (χ2v) is 4.97. The molecule has 88 valence electrons. The minimum absolute atomic E-state index is 0.134. The molecule has 16 heavy (non-hydrogen) atoms. The van der Waals surface area contributed by atoms with Crippen LogP contribution in [-0.2, 0) is 0 Å². The number of nitrogens with one attached hydrogen (secondary N) is 1. The van der Waals surface area contributed by atoms with Crippen LogP contribution in [0, 0.1) is 5.92 Å². The monoisotopic (exact) mass is 259 g/mol. The zero-order valence-electron chi connectivity index (χ0n) is 9.39. The molecule has 1 N–H and O–H groups in total. The molecule has 0 saturated carbocycles. The molecule has 0 spiro atoms. The Kier molecular flexibility index (Phi) is 5.10. The van der Waals surface area contributed by atoms with Crippen LogP contribution in [0.15, 0.2) is 18.2 Å². The van der Waals surface area contributed by atoms with Gasteiger partial charge in [0.05, 0.1) is 0 Å². The van der Waals surface area contributed by atoms with E-state index in [1.54, 1.807) is 18.2 Å². The third-order valence-electron chi connectivity index (χ3n) is 2.13. The SMILES string of the molecule is CC(C)CCNC(=O)c1cc(Cl)cc(Cl)c1. The van der Waals surface area contributed by atoms with Crippen LogP contribution in [0.4, 0.5) is 0 Å². The van der Waals surface area contributed by atoms with Gasteiger partial charge >= 0.3 is 0 Å². The van der Waals surface area contributed by atoms with E-state index in [0.717, 1.165) is 6.42 Å². The van der Waals surface area contributed by atoms with E-state index in [1.165, 1.54) is 0 Å². The van der Waals surface area contributed by atoms with Gasteiger partial charge in [-0.1, -0.05) is 37.0 Å². The lowest BCUT2D eigenvalue weighted by Gasteiger charge is -2.07. The summed E-state index contributed by atoms with van der Waals surface area (Å²) in [5.41, 5.74) is 0.501. The van der Waals surface area contributed by atoms with Gasteiger partial charge in [0.2, 0.25) is 0 Å². The lowest BCUT2D eigenvalue weighted by atomic mass is 10.1. The van der Waals surface area contributed by atoms with E-state index >= 15 is 0 Å². The van der Waals surface area contributed by atoms with E-state index in [4.69, 9.17) is 23.2 Å². The Bertz CT molecular complexity index is 357. The molecule has 0 aliphatic heterocycles. The highest BCUT2D eigenvalue weighted by molar-refractivity contribution is 6.35. The van der Waals surface area contributed by atoms with E-state index < -0.39 is 0 Å². The summed E-state index contributed by atoms with van der Waals surface area (Å²) in [6.07, 6.45) is 0.958. The topological polar surface area (TPSA) is 29.1 Å². The van der Waals surface area contributed by atoms with Crippen molar-refractivity contribution >= 4 is 29.1 Å². The molecule has 1 amide bonds. The average Bonchev–Trinajstić information content (AvgIpc) is 2.15. The van der Waals surface area contributed by atoms with Crippen LogP contribution >= 0.6 is 23.2 Å². The van der Waals surface area contributed by atoms with Crippen molar-refractivity contribution in [2.45, 2.75) is 20.3 Å². The van der Waals surface area contributed by atoms with E-state index in [2.05, 4.69) is 19.2 Å². The van der Waals surface area contributed by atoms with Gasteiger partial charge in [-0.15, -0.1) is 0 Å². The molecule has 0 heterocycles. The normalized spacial score (nSPS) is 10.6. The summed E-state index contributed by atoms with van der Waals surface area (Å²) in [5.74, 6) is 0.438. The molecule has 0 aromatic heterocycles. The van der Waals surface area contributed by atoms with Gasteiger partial charge in [-0.05, 0) is 30.5 Å². The zero-order chi connectivity index (χ0) is 12.1. The number of carbonyl (C=O) groups is 1. The van der Waals surface area contributed by atoms with Crippen molar-refractivity contribution in [2.75, 3.05) is 6.54 Å². The minimum atomic E-state index is -0.134. The molecule has 0 bridgehead atoms. The Morgan fingerprint density at radius 1 is 1.25 bits per heavy atom. The predicted molar refractivity (Wildman–Crippen MR) is 68.3 cm³/mol. The van der Waals surface area contributed by atoms with Crippen molar-refractivity contribution in [3.63, 3.8) is 0 Å². The van der Waals surface area contributed by atoms with Gasteiger partial charge in [0.1, 0.15) is 0 Å². The zero-order valence-corrected chi connectivity index (χ0v) is 10.9. The molecule has 0 atom stereocenters. The van der Waals surface area contributed by atoms with Crippen LogP contribution in [0.25, 0.3) is 0 Å². The summed E-state index contributed by atoms with van der Waals surface area (Å²) in [4.78, 5) is 11.7. The molecule has 0 unspecified atom stereocenters. The predicted octanol–water partition coefficient (Wildman–Crippen LogP) is 3.77. The van der Waals surface area contributed by atoms with Crippen molar-refractivity contribution in [1.82, 2.24) is 5.32 Å². The average molecular weight is 260 g/mol. The first-order valence-electron chi connectivity index (χ1n) is 5.23. The van der Waals surface area contributed by atoms with Crippen molar-refractivity contribution < 1.29 is 4.79 Å². The quantitative estimate of drug-likeness (QED) is 0.877. The minimum Gasteiger partial charge on any atom is -0.352 e. The molecule has 1 aromatic carbocycles. The van der Waals surface area contributed by atoms with Crippen LogP contribution in [-0.4, -0.2) is 12.5 Å². The lowest BCUT2D eigenvalue weighted by Crippen LogP contribution is -2.25. The fourth-order valence-electron chi connectivity index (χ4n) is 1.26. The molecular formula is C12H15Cl2NO. The first-order chi connectivity index (χ1) is 7.49. The maximum atomic E-state index is 11.7. The van der Waals surface area contributed by atoms with Crippen LogP contribution in [0.2, 0.25) is 10.0 Å². The Morgan fingerprint density at radius 2 is 1.81 bits per heavy atom. The van der Waals surface area contributed by atoms with Crippen molar-refractivity contribution in [2.24, 2.45) is 5.92 Å². The van der Waals surface area contributed by atoms with Crippen LogP contribution < -0.4 is 5.32 Å². The number of hydrogen-bond donors (Lipinski definition) is 1. The number of hydrogen-bond acceptors (Lipinski definition) is 1. The van der Waals surface area contributed by atoms with Crippen LogP contribution in [0.5, 0.6) is 0 Å². The highest BCUT2D eigenvalue weighted by Crippen LogP contribution is 2.18. The van der Waals surface area contributed by atoms with Gasteiger partial charge in [0, 0.05) is 22.2 Å². The first-order valence-corrected chi connectivity index (χ1v) is 5.99. The summed E-state index contributed by atoms with van der Waals surface area (Å²) >= 11 is 11.6. The van der Waals surface area contributed by atoms with Gasteiger partial charge in [0.25, 0.3) is 5.91 Å². The Morgan fingerprint density at radius 3 is 2.31 bits per heavy atom. The number of rotatable bonds is 4. The highest BCUT2D eigenvalue weighted by atomic mass is 35.5. The maximum Gasteiger partial charge on any atom is 0.251 e. The summed E-state index contributed by atoms with van der Waals surface area (Å²) < 4.78 is 0. The molecule has 0 aliphatic carbocycles. The second-order valence-electron chi connectivity index (χ2n) is 4.10. The molecule has 0 aliphatic rings. The summed E-state index contributed by atoms with van der Waals surface area (Å²) in [7, 11) is 0. The summed E-state index contributed by atoms with van der Waals surface area (Å²) in [5, 5.41) is 3.78. The van der Waals surface area contributed by atoms with Gasteiger partial charge in [0.15, 0.2) is 0 Å². The van der Waals surface area contributed by atoms with Gasteiger partial charge in [-0.2, -0.15) is 0 Å². The molecule has 1 rings (SSSR count). The fraction of sp³-hybridized carbons (Fsp3) is 0.417. The largest absolute Gasteiger partial charge is 0.352 e. The van der Waals surface area contributed by atoms with Crippen molar-refractivity contribution in [1.29, 1.82) is 0 Å². The van der Waals surface area contributed by atoms with E-state index in [9.17, 15) is 4.79 Å². The number of benzene rings is 1. The highest BCUT2D eigenvalue weighted by Gasteiger charge is 2.07. The molecule has 0 saturated heterocycles. The molecule has 2 nitrogen and oxygen atoms in total. The van der Waals surface area contributed by atoms with Crippen LogP contribution in [0.1, 0.15) is 30.6 Å². The number of carbonyl (C=O) groups excluding carboxylic acids is 1. The Balaban J connectivity index is 2.59. The van der Waals surface area contributed by atoms with E-state index in [-0.39, 0.29) is 5.91 Å². The third kappa shape index (κ3) is 4.42. The van der Waals surface area contributed by atoms with Gasteiger partial charge < -0.3 is 5.32 Å². The number of amides is 1. The van der Waals surface area contributed by atoms with Crippen LogP contribution in [0.3, 0.4) is 0 Å². The standard InChI is InChI=1S/C12H15Cl2NO/c1-8(2)3-4-15-12(16)9-5-10(13)7-11(14)6-9/h5-8H,3-4H2,1-2H3,(H,15,16). The maximum absolute atomic E-state index is 11.7. The molecule has 0 radical (unpaired) electrons. The first kappa shape index (κ1) is 13.3. The van der Waals surface area contributed by atoms with Gasteiger partial charge in [-0.25, -0.2) is 0 Å². The Hall–Kier alpha value is -0.730.